The fourth-order valence-corrected chi connectivity index (χ4v) is 5.77. The standard InChI is InChI=1S/C34H47N5O9/c1-21(2)18-27(33(45)47-3)37-31(43)28-10-7-17-39(28)32(44)26(15-16-29(35)41)36-30(42)25(14-12-22-11-13-24(40)19-22)38-34(46)48-20-23-8-5-4-6-9-23/h4-6,8-9,19,21,25-28H,7,10-18,20H2,1-3H3,(H2,35,41)(H,36,42)(H,37,43)(H,38,46)/t25-,26-,27-,28-/m1/s1. The number of hydrogen-bond donors (Lipinski definition) is 4. The van der Waals surface area contributed by atoms with E-state index in [9.17, 15) is 33.6 Å². The molecule has 48 heavy (non-hydrogen) atoms. The summed E-state index contributed by atoms with van der Waals surface area (Å²) in [6.07, 6.45) is 2.86. The number of esters is 1. The number of amides is 5. The van der Waals surface area contributed by atoms with E-state index in [4.69, 9.17) is 15.2 Å². The summed E-state index contributed by atoms with van der Waals surface area (Å²) in [5, 5.41) is 7.94. The predicted molar refractivity (Wildman–Crippen MR) is 174 cm³/mol. The molecule has 0 radical (unpaired) electrons. The van der Waals surface area contributed by atoms with Gasteiger partial charge in [-0.2, -0.15) is 0 Å². The van der Waals surface area contributed by atoms with E-state index in [1.165, 1.54) is 18.1 Å². The Kier molecular flexibility index (Phi) is 14.6. The van der Waals surface area contributed by atoms with E-state index >= 15 is 0 Å². The number of allylic oxidation sites excluding steroid dienone is 2. The van der Waals surface area contributed by atoms with Gasteiger partial charge in [-0.1, -0.05) is 49.8 Å². The summed E-state index contributed by atoms with van der Waals surface area (Å²) in [6.45, 7) is 3.97. The second-order valence-corrected chi connectivity index (χ2v) is 12.5. The number of rotatable bonds is 17. The van der Waals surface area contributed by atoms with Crippen molar-refractivity contribution < 1.29 is 43.0 Å². The van der Waals surface area contributed by atoms with Crippen molar-refractivity contribution in [3.05, 3.63) is 47.5 Å². The number of ketones is 1. The third kappa shape index (κ3) is 11.8. The van der Waals surface area contributed by atoms with Crippen LogP contribution in [-0.2, 0) is 44.8 Å². The molecule has 0 unspecified atom stereocenters. The molecule has 0 spiro atoms. The van der Waals surface area contributed by atoms with E-state index in [0.29, 0.717) is 38.5 Å². The van der Waals surface area contributed by atoms with Crippen LogP contribution in [0.1, 0.15) is 77.2 Å². The van der Waals surface area contributed by atoms with Gasteiger partial charge in [0, 0.05) is 19.4 Å². The molecule has 1 heterocycles. The van der Waals surface area contributed by atoms with Gasteiger partial charge in [-0.3, -0.25) is 24.0 Å². The number of ether oxygens (including phenoxy) is 2. The molecule has 0 aromatic heterocycles. The molecule has 1 saturated heterocycles. The van der Waals surface area contributed by atoms with Crippen LogP contribution in [0.5, 0.6) is 0 Å². The van der Waals surface area contributed by atoms with E-state index < -0.39 is 59.9 Å². The maximum Gasteiger partial charge on any atom is 0.408 e. The summed E-state index contributed by atoms with van der Waals surface area (Å²) in [6, 6.07) is 4.76. The van der Waals surface area contributed by atoms with Gasteiger partial charge in [0.1, 0.15) is 30.8 Å². The number of hydrogen-bond acceptors (Lipinski definition) is 9. The molecule has 0 saturated carbocycles. The molecular formula is C34H47N5O9. The minimum atomic E-state index is -1.25. The number of carbonyl (C=O) groups excluding carboxylic acids is 7. The predicted octanol–water partition coefficient (Wildman–Crippen LogP) is 1.80. The van der Waals surface area contributed by atoms with Crippen molar-refractivity contribution >= 4 is 41.5 Å². The largest absolute Gasteiger partial charge is 0.467 e. The first-order valence-corrected chi connectivity index (χ1v) is 16.3. The Morgan fingerprint density at radius 2 is 1.69 bits per heavy atom. The fourth-order valence-electron chi connectivity index (χ4n) is 5.77. The molecule has 1 aliphatic carbocycles. The number of benzene rings is 1. The molecule has 5 amide bonds. The molecule has 1 aliphatic heterocycles. The quantitative estimate of drug-likeness (QED) is 0.178. The molecule has 1 aromatic carbocycles. The van der Waals surface area contributed by atoms with Crippen molar-refractivity contribution in [3.63, 3.8) is 0 Å². The Morgan fingerprint density at radius 3 is 2.31 bits per heavy atom. The molecule has 262 valence electrons. The summed E-state index contributed by atoms with van der Waals surface area (Å²) in [5.41, 5.74) is 6.96. The van der Waals surface area contributed by atoms with Crippen LogP contribution in [0, 0.1) is 5.92 Å². The second kappa shape index (κ2) is 18.6. The first-order chi connectivity index (χ1) is 22.9. The Labute approximate surface area is 280 Å². The van der Waals surface area contributed by atoms with Gasteiger partial charge in [-0.15, -0.1) is 0 Å². The van der Waals surface area contributed by atoms with Gasteiger partial charge in [0.25, 0.3) is 0 Å². The number of carbonyl (C=O) groups is 7. The minimum Gasteiger partial charge on any atom is -0.467 e. The lowest BCUT2D eigenvalue weighted by atomic mass is 10.0. The van der Waals surface area contributed by atoms with Gasteiger partial charge < -0.3 is 36.1 Å². The SMILES string of the molecule is COC(=O)[C@@H](CC(C)C)NC(=O)[C@H]1CCCN1C(=O)[C@@H](CCC(N)=O)NC(=O)[C@@H](CCC1=CC(=O)CC1)NC(=O)OCc1ccccc1. The smallest absolute Gasteiger partial charge is 0.408 e. The van der Waals surface area contributed by atoms with Crippen molar-refractivity contribution in [1.82, 2.24) is 20.9 Å². The molecule has 1 fully saturated rings. The molecule has 5 N–H and O–H groups in total. The summed E-state index contributed by atoms with van der Waals surface area (Å²) in [5.74, 6) is -3.06. The number of nitrogens with zero attached hydrogens (tertiary/aromatic N) is 1. The minimum absolute atomic E-state index is 0.00957. The maximum absolute atomic E-state index is 13.9. The topological polar surface area (TPSA) is 203 Å². The molecule has 4 atom stereocenters. The van der Waals surface area contributed by atoms with Crippen LogP contribution in [0.25, 0.3) is 0 Å². The maximum atomic E-state index is 13.9. The number of nitrogens with one attached hydrogen (secondary N) is 3. The number of likely N-dealkylation sites (tertiary alicyclic amines) is 1. The average molecular weight is 670 g/mol. The lowest BCUT2D eigenvalue weighted by Crippen LogP contribution is -2.57. The molecule has 1 aromatic rings. The van der Waals surface area contributed by atoms with Crippen LogP contribution in [0.3, 0.4) is 0 Å². The average Bonchev–Trinajstić information content (AvgIpc) is 3.72. The molecule has 0 bridgehead atoms. The molecular weight excluding hydrogens is 622 g/mol. The molecule has 2 aliphatic rings. The fraction of sp³-hybridized carbons (Fsp3) is 0.559. The van der Waals surface area contributed by atoms with Crippen molar-refractivity contribution in [2.75, 3.05) is 13.7 Å². The van der Waals surface area contributed by atoms with Gasteiger partial charge in [0.15, 0.2) is 5.78 Å². The third-order valence-corrected chi connectivity index (χ3v) is 8.27. The van der Waals surface area contributed by atoms with E-state index in [1.807, 2.05) is 19.9 Å². The summed E-state index contributed by atoms with van der Waals surface area (Å²) < 4.78 is 10.2. The Hall–Kier alpha value is -4.75. The Bertz CT molecular complexity index is 1360. The first-order valence-electron chi connectivity index (χ1n) is 16.3. The Morgan fingerprint density at radius 1 is 0.958 bits per heavy atom. The van der Waals surface area contributed by atoms with Gasteiger partial charge in [0.05, 0.1) is 7.11 Å². The molecule has 3 rings (SSSR count). The normalized spacial score (nSPS) is 17.6. The van der Waals surface area contributed by atoms with Crippen LogP contribution in [0.15, 0.2) is 42.0 Å². The monoisotopic (exact) mass is 669 g/mol. The van der Waals surface area contributed by atoms with Crippen LogP contribution in [0.4, 0.5) is 4.79 Å². The van der Waals surface area contributed by atoms with E-state index in [2.05, 4.69) is 16.0 Å². The van der Waals surface area contributed by atoms with Crippen LogP contribution in [-0.4, -0.2) is 84.2 Å². The molecule has 14 nitrogen and oxygen atoms in total. The zero-order valence-corrected chi connectivity index (χ0v) is 27.8. The highest BCUT2D eigenvalue weighted by atomic mass is 16.5. The van der Waals surface area contributed by atoms with Crippen molar-refractivity contribution in [3.8, 4) is 0 Å². The Balaban J connectivity index is 1.75. The highest BCUT2D eigenvalue weighted by molar-refractivity contribution is 5.95. The lowest BCUT2D eigenvalue weighted by Gasteiger charge is -2.30. The van der Waals surface area contributed by atoms with Crippen LogP contribution < -0.4 is 21.7 Å². The highest BCUT2D eigenvalue weighted by Crippen LogP contribution is 2.22. The van der Waals surface area contributed by atoms with Crippen molar-refractivity contribution in [2.24, 2.45) is 11.7 Å². The first kappa shape index (κ1) is 37.7. The van der Waals surface area contributed by atoms with Gasteiger partial charge in [-0.05, 0) is 62.5 Å². The lowest BCUT2D eigenvalue weighted by molar-refractivity contribution is -0.147. The zero-order chi connectivity index (χ0) is 35.2. The van der Waals surface area contributed by atoms with Gasteiger partial charge in [0.2, 0.25) is 23.6 Å². The summed E-state index contributed by atoms with van der Waals surface area (Å²) >= 11 is 0. The number of primary amides is 1. The van der Waals surface area contributed by atoms with E-state index in [-0.39, 0.29) is 44.1 Å². The number of nitrogens with two attached hydrogens (primary N) is 1. The molecule has 14 heteroatoms. The second-order valence-electron chi connectivity index (χ2n) is 12.5. The van der Waals surface area contributed by atoms with Gasteiger partial charge >= 0.3 is 12.1 Å². The van der Waals surface area contributed by atoms with Crippen molar-refractivity contribution in [2.45, 2.75) is 102 Å². The zero-order valence-electron chi connectivity index (χ0n) is 27.8. The summed E-state index contributed by atoms with van der Waals surface area (Å²) in [7, 11) is 1.23. The number of methoxy groups -OCH3 is 1. The van der Waals surface area contributed by atoms with Crippen LogP contribution in [0.2, 0.25) is 0 Å². The van der Waals surface area contributed by atoms with E-state index in [0.717, 1.165) is 11.1 Å². The van der Waals surface area contributed by atoms with Crippen molar-refractivity contribution in [1.29, 1.82) is 0 Å². The number of alkyl carbamates (subject to hydrolysis) is 1. The van der Waals surface area contributed by atoms with E-state index in [1.54, 1.807) is 24.3 Å². The van der Waals surface area contributed by atoms with Crippen LogP contribution >= 0.6 is 0 Å². The highest BCUT2D eigenvalue weighted by Gasteiger charge is 2.39. The third-order valence-electron chi connectivity index (χ3n) is 8.27. The summed E-state index contributed by atoms with van der Waals surface area (Å²) in [4.78, 5) is 90.8. The van der Waals surface area contributed by atoms with Gasteiger partial charge in [-0.25, -0.2) is 9.59 Å².